The molecule has 0 aromatic carbocycles. The molecule has 2 fully saturated rings. The SMILES string of the molecule is CCN(CC)C(=O)[C@@H]1C[C@@H](N)CN1C(=O)CN1CCCC1=O. The molecule has 2 aliphatic heterocycles. The fraction of sp³-hybridized carbons (Fsp3) is 0.800. The molecule has 2 atom stereocenters. The summed E-state index contributed by atoms with van der Waals surface area (Å²) in [5.41, 5.74) is 5.96. The summed E-state index contributed by atoms with van der Waals surface area (Å²) in [5.74, 6) is -0.198. The first kappa shape index (κ1) is 16.7. The van der Waals surface area contributed by atoms with Crippen LogP contribution in [0.5, 0.6) is 0 Å². The highest BCUT2D eigenvalue weighted by Crippen LogP contribution is 2.20. The van der Waals surface area contributed by atoms with Gasteiger partial charge in [0, 0.05) is 38.6 Å². The second-order valence-electron chi connectivity index (χ2n) is 5.99. The lowest BCUT2D eigenvalue weighted by Crippen LogP contribution is -2.50. The van der Waals surface area contributed by atoms with Crippen LogP contribution in [0.3, 0.4) is 0 Å². The van der Waals surface area contributed by atoms with Gasteiger partial charge >= 0.3 is 0 Å². The van der Waals surface area contributed by atoms with E-state index >= 15 is 0 Å². The van der Waals surface area contributed by atoms with Crippen molar-refractivity contribution in [2.75, 3.05) is 32.7 Å². The Labute approximate surface area is 131 Å². The Morgan fingerprint density at radius 1 is 1.32 bits per heavy atom. The molecule has 2 rings (SSSR count). The molecule has 0 spiro atoms. The highest BCUT2D eigenvalue weighted by molar-refractivity contribution is 5.91. The third-order valence-electron chi connectivity index (χ3n) is 4.51. The van der Waals surface area contributed by atoms with E-state index in [-0.39, 0.29) is 30.3 Å². The smallest absolute Gasteiger partial charge is 0.245 e. The van der Waals surface area contributed by atoms with Crippen LogP contribution in [0, 0.1) is 0 Å². The van der Waals surface area contributed by atoms with Crippen molar-refractivity contribution in [3.63, 3.8) is 0 Å². The molecule has 22 heavy (non-hydrogen) atoms. The monoisotopic (exact) mass is 310 g/mol. The second kappa shape index (κ2) is 7.09. The number of hydrogen-bond acceptors (Lipinski definition) is 4. The van der Waals surface area contributed by atoms with E-state index in [0.717, 1.165) is 6.42 Å². The number of likely N-dealkylation sites (N-methyl/N-ethyl adjacent to an activating group) is 1. The zero-order valence-corrected chi connectivity index (χ0v) is 13.5. The molecule has 0 aromatic heterocycles. The van der Waals surface area contributed by atoms with Crippen molar-refractivity contribution in [1.82, 2.24) is 14.7 Å². The first-order chi connectivity index (χ1) is 10.5. The Hall–Kier alpha value is -1.63. The van der Waals surface area contributed by atoms with Crippen molar-refractivity contribution in [2.24, 2.45) is 5.73 Å². The molecule has 2 aliphatic rings. The molecule has 0 radical (unpaired) electrons. The number of nitrogens with two attached hydrogens (primary N) is 1. The van der Waals surface area contributed by atoms with E-state index in [1.807, 2.05) is 13.8 Å². The van der Waals surface area contributed by atoms with Crippen LogP contribution in [0.1, 0.15) is 33.1 Å². The molecule has 2 saturated heterocycles. The second-order valence-corrected chi connectivity index (χ2v) is 5.99. The minimum Gasteiger partial charge on any atom is -0.341 e. The van der Waals surface area contributed by atoms with Crippen LogP contribution in [0.4, 0.5) is 0 Å². The van der Waals surface area contributed by atoms with Crippen LogP contribution in [0.15, 0.2) is 0 Å². The standard InChI is InChI=1S/C15H26N4O3/c1-3-17(4-2)15(22)12-8-11(16)9-19(12)14(21)10-18-7-5-6-13(18)20/h11-12H,3-10,16H2,1-2H3/t11-,12+/m1/s1. The number of hydrogen-bond donors (Lipinski definition) is 1. The fourth-order valence-corrected chi connectivity index (χ4v) is 3.25. The summed E-state index contributed by atoms with van der Waals surface area (Å²) in [5, 5.41) is 0. The highest BCUT2D eigenvalue weighted by Gasteiger charge is 2.40. The molecule has 0 unspecified atom stereocenters. The number of nitrogens with zero attached hydrogens (tertiary/aromatic N) is 3. The quantitative estimate of drug-likeness (QED) is 0.735. The first-order valence-electron chi connectivity index (χ1n) is 8.09. The molecule has 7 heteroatoms. The lowest BCUT2D eigenvalue weighted by Gasteiger charge is -2.30. The van der Waals surface area contributed by atoms with Crippen LogP contribution in [-0.2, 0) is 14.4 Å². The largest absolute Gasteiger partial charge is 0.341 e. The van der Waals surface area contributed by atoms with Gasteiger partial charge in [-0.05, 0) is 26.7 Å². The molecular weight excluding hydrogens is 284 g/mol. The van der Waals surface area contributed by atoms with Crippen molar-refractivity contribution in [3.8, 4) is 0 Å². The predicted molar refractivity (Wildman–Crippen MR) is 81.8 cm³/mol. The summed E-state index contributed by atoms with van der Waals surface area (Å²) < 4.78 is 0. The summed E-state index contributed by atoms with van der Waals surface area (Å²) in [6, 6.07) is -0.664. The Morgan fingerprint density at radius 2 is 2.00 bits per heavy atom. The van der Waals surface area contributed by atoms with Gasteiger partial charge in [-0.3, -0.25) is 14.4 Å². The number of amides is 3. The van der Waals surface area contributed by atoms with Gasteiger partial charge in [0.15, 0.2) is 0 Å². The van der Waals surface area contributed by atoms with Gasteiger partial charge in [-0.25, -0.2) is 0 Å². The van der Waals surface area contributed by atoms with E-state index in [9.17, 15) is 14.4 Å². The lowest BCUT2D eigenvalue weighted by molar-refractivity contribution is -0.145. The Kier molecular flexibility index (Phi) is 5.39. The van der Waals surface area contributed by atoms with Gasteiger partial charge in [0.2, 0.25) is 17.7 Å². The van der Waals surface area contributed by atoms with Crippen LogP contribution >= 0.6 is 0 Å². The third kappa shape index (κ3) is 3.40. The van der Waals surface area contributed by atoms with Gasteiger partial charge in [0.05, 0.1) is 6.54 Å². The normalized spacial score (nSPS) is 25.0. The molecule has 3 amide bonds. The zero-order chi connectivity index (χ0) is 16.3. The van der Waals surface area contributed by atoms with E-state index in [2.05, 4.69) is 0 Å². The van der Waals surface area contributed by atoms with Gasteiger partial charge in [-0.15, -0.1) is 0 Å². The number of likely N-dealkylation sites (tertiary alicyclic amines) is 2. The number of carbonyl (C=O) groups is 3. The minimum absolute atomic E-state index is 0.0171. The third-order valence-corrected chi connectivity index (χ3v) is 4.51. The maximum Gasteiger partial charge on any atom is 0.245 e. The maximum absolute atomic E-state index is 12.6. The first-order valence-corrected chi connectivity index (χ1v) is 8.09. The maximum atomic E-state index is 12.6. The van der Waals surface area contributed by atoms with Gasteiger partial charge in [0.25, 0.3) is 0 Å². The number of rotatable bonds is 5. The molecule has 124 valence electrons. The van der Waals surface area contributed by atoms with Crippen molar-refractivity contribution >= 4 is 17.7 Å². The van der Waals surface area contributed by atoms with E-state index in [4.69, 9.17) is 5.73 Å². The molecule has 0 aliphatic carbocycles. The average Bonchev–Trinajstić information content (AvgIpc) is 3.06. The van der Waals surface area contributed by atoms with Crippen molar-refractivity contribution in [2.45, 2.75) is 45.2 Å². The lowest BCUT2D eigenvalue weighted by atomic mass is 10.1. The summed E-state index contributed by atoms with van der Waals surface area (Å²) in [6.45, 7) is 6.16. The highest BCUT2D eigenvalue weighted by atomic mass is 16.2. The molecule has 2 N–H and O–H groups in total. The van der Waals surface area contributed by atoms with Crippen molar-refractivity contribution < 1.29 is 14.4 Å². The van der Waals surface area contributed by atoms with E-state index < -0.39 is 6.04 Å². The van der Waals surface area contributed by atoms with Crippen LogP contribution in [0.2, 0.25) is 0 Å². The Morgan fingerprint density at radius 3 is 2.55 bits per heavy atom. The summed E-state index contributed by atoms with van der Waals surface area (Å²) in [4.78, 5) is 41.6. The molecule has 0 saturated carbocycles. The van der Waals surface area contributed by atoms with Gasteiger partial charge in [-0.2, -0.15) is 0 Å². The molecular formula is C15H26N4O3. The summed E-state index contributed by atoms with van der Waals surface area (Å²) in [6.07, 6.45) is 1.80. The zero-order valence-electron chi connectivity index (χ0n) is 13.5. The summed E-state index contributed by atoms with van der Waals surface area (Å²) in [7, 11) is 0. The van der Waals surface area contributed by atoms with Crippen LogP contribution in [0.25, 0.3) is 0 Å². The van der Waals surface area contributed by atoms with E-state index in [1.54, 1.807) is 14.7 Å². The van der Waals surface area contributed by atoms with Crippen molar-refractivity contribution in [3.05, 3.63) is 0 Å². The molecule has 0 bridgehead atoms. The average molecular weight is 310 g/mol. The fourth-order valence-electron chi connectivity index (χ4n) is 3.25. The van der Waals surface area contributed by atoms with Crippen LogP contribution < -0.4 is 5.73 Å². The van der Waals surface area contributed by atoms with E-state index in [1.165, 1.54) is 0 Å². The minimum atomic E-state index is -0.486. The predicted octanol–water partition coefficient (Wildman–Crippen LogP) is -0.595. The van der Waals surface area contributed by atoms with Gasteiger partial charge in [-0.1, -0.05) is 0 Å². The molecule has 2 heterocycles. The topological polar surface area (TPSA) is 86.9 Å². The van der Waals surface area contributed by atoms with Crippen molar-refractivity contribution in [1.29, 1.82) is 0 Å². The van der Waals surface area contributed by atoms with E-state index in [0.29, 0.717) is 39.0 Å². The molecule has 0 aromatic rings. The van der Waals surface area contributed by atoms with Gasteiger partial charge < -0.3 is 20.4 Å². The van der Waals surface area contributed by atoms with Crippen LogP contribution in [-0.4, -0.2) is 77.2 Å². The Bertz CT molecular complexity index is 450. The summed E-state index contributed by atoms with van der Waals surface area (Å²) >= 11 is 0. The van der Waals surface area contributed by atoms with Gasteiger partial charge in [0.1, 0.15) is 6.04 Å². The molecule has 7 nitrogen and oxygen atoms in total. The Balaban J connectivity index is 2.05. The number of carbonyl (C=O) groups excluding carboxylic acids is 3.